The molecule has 33 heavy (non-hydrogen) atoms. The zero-order valence-electron chi connectivity index (χ0n) is 17.4. The maximum Gasteiger partial charge on any atom is 0.253 e. The monoisotopic (exact) mass is 462 g/mol. The number of halogens is 1. The van der Waals surface area contributed by atoms with E-state index in [9.17, 15) is 4.79 Å². The fourth-order valence-corrected chi connectivity index (χ4v) is 3.60. The Hall–Kier alpha value is -3.98. The van der Waals surface area contributed by atoms with Crippen molar-refractivity contribution in [1.82, 2.24) is 24.7 Å². The highest BCUT2D eigenvalue weighted by Gasteiger charge is 2.23. The molecule has 1 N–H and O–H groups in total. The SMILES string of the molecule is O=C(NCC1=NOC(COc2cc(Cl)cnc2-c2cccnc2)C1)c1ccc2nccn2c1. The van der Waals surface area contributed by atoms with Crippen molar-refractivity contribution in [2.24, 2.45) is 5.16 Å². The Bertz CT molecular complexity index is 1320. The minimum atomic E-state index is -0.278. The smallest absolute Gasteiger partial charge is 0.253 e. The molecule has 5 rings (SSSR count). The molecule has 1 amide bonds. The van der Waals surface area contributed by atoms with Crippen LogP contribution in [0.2, 0.25) is 5.02 Å². The van der Waals surface area contributed by atoms with Crippen LogP contribution in [0.1, 0.15) is 16.8 Å². The van der Waals surface area contributed by atoms with E-state index in [2.05, 4.69) is 25.4 Å². The summed E-state index contributed by atoms with van der Waals surface area (Å²) in [6, 6.07) is 8.97. The predicted octanol–water partition coefficient (Wildman–Crippen LogP) is 3.40. The van der Waals surface area contributed by atoms with Gasteiger partial charge in [0.25, 0.3) is 5.91 Å². The van der Waals surface area contributed by atoms with Crippen molar-refractivity contribution in [1.29, 1.82) is 0 Å². The van der Waals surface area contributed by atoms with Gasteiger partial charge in [0.2, 0.25) is 0 Å². The van der Waals surface area contributed by atoms with Gasteiger partial charge in [0, 0.05) is 55.2 Å². The maximum absolute atomic E-state index is 12.5. The molecule has 4 aromatic rings. The number of imidazole rings is 1. The Morgan fingerprint density at radius 1 is 1.24 bits per heavy atom. The Kier molecular flexibility index (Phi) is 5.86. The molecule has 0 saturated heterocycles. The van der Waals surface area contributed by atoms with E-state index in [1.807, 2.05) is 12.1 Å². The summed E-state index contributed by atoms with van der Waals surface area (Å²) in [6.45, 7) is 0.546. The highest BCUT2D eigenvalue weighted by Crippen LogP contribution is 2.30. The van der Waals surface area contributed by atoms with E-state index in [4.69, 9.17) is 21.2 Å². The Morgan fingerprint density at radius 2 is 2.18 bits per heavy atom. The zero-order chi connectivity index (χ0) is 22.6. The molecule has 0 aromatic carbocycles. The number of oxime groups is 1. The number of carbonyl (C=O) groups is 1. The summed E-state index contributed by atoms with van der Waals surface area (Å²) in [5, 5.41) is 7.43. The molecule has 0 radical (unpaired) electrons. The quantitative estimate of drug-likeness (QED) is 0.451. The standard InChI is InChI=1S/C23H19ClN6O3/c24-17-8-20(22(27-11-17)15-2-1-5-25-10-15)32-14-19-9-18(29-33-19)12-28-23(31)16-3-4-21-26-6-7-30(21)13-16/h1-8,10-11,13,19H,9,12,14H2,(H,28,31). The number of nitrogens with one attached hydrogen (secondary N) is 1. The molecular weight excluding hydrogens is 444 g/mol. The summed E-state index contributed by atoms with van der Waals surface area (Å²) in [7, 11) is 0. The molecule has 5 heterocycles. The van der Waals surface area contributed by atoms with Crippen LogP contribution in [0.3, 0.4) is 0 Å². The summed E-state index contributed by atoms with van der Waals surface area (Å²) in [5.74, 6) is 0.342. The molecule has 1 aliphatic heterocycles. The molecule has 1 unspecified atom stereocenters. The third-order valence-corrected chi connectivity index (χ3v) is 5.28. The highest BCUT2D eigenvalue weighted by molar-refractivity contribution is 6.30. The van der Waals surface area contributed by atoms with Crippen LogP contribution in [0.5, 0.6) is 5.75 Å². The van der Waals surface area contributed by atoms with E-state index >= 15 is 0 Å². The van der Waals surface area contributed by atoms with E-state index < -0.39 is 0 Å². The van der Waals surface area contributed by atoms with Crippen molar-refractivity contribution in [3.63, 3.8) is 0 Å². The van der Waals surface area contributed by atoms with E-state index in [0.717, 1.165) is 16.9 Å². The van der Waals surface area contributed by atoms with Crippen LogP contribution >= 0.6 is 11.6 Å². The maximum atomic E-state index is 12.5. The number of ether oxygens (including phenoxy) is 1. The van der Waals surface area contributed by atoms with Gasteiger partial charge in [-0.15, -0.1) is 0 Å². The number of amides is 1. The van der Waals surface area contributed by atoms with Gasteiger partial charge >= 0.3 is 0 Å². The van der Waals surface area contributed by atoms with Crippen molar-refractivity contribution >= 4 is 28.9 Å². The lowest BCUT2D eigenvalue weighted by atomic mass is 10.1. The number of pyridine rings is 3. The molecule has 0 spiro atoms. The van der Waals surface area contributed by atoms with Gasteiger partial charge in [-0.2, -0.15) is 0 Å². The normalized spacial score (nSPS) is 15.2. The summed E-state index contributed by atoms with van der Waals surface area (Å²) in [4.78, 5) is 30.6. The molecule has 10 heteroatoms. The second-order valence-electron chi connectivity index (χ2n) is 7.44. The van der Waals surface area contributed by atoms with E-state index in [-0.39, 0.29) is 25.2 Å². The Balaban J connectivity index is 1.15. The predicted molar refractivity (Wildman–Crippen MR) is 122 cm³/mol. The van der Waals surface area contributed by atoms with Crippen molar-refractivity contribution in [2.75, 3.05) is 13.2 Å². The number of hydrogen-bond donors (Lipinski definition) is 1. The van der Waals surface area contributed by atoms with Crippen molar-refractivity contribution in [3.8, 4) is 17.0 Å². The van der Waals surface area contributed by atoms with Gasteiger partial charge in [0.05, 0.1) is 22.8 Å². The molecule has 0 fully saturated rings. The van der Waals surface area contributed by atoms with Gasteiger partial charge in [-0.3, -0.25) is 14.8 Å². The van der Waals surface area contributed by atoms with Crippen LogP contribution in [0.25, 0.3) is 16.9 Å². The van der Waals surface area contributed by atoms with Crippen LogP contribution in [0.4, 0.5) is 0 Å². The summed E-state index contributed by atoms with van der Waals surface area (Å²) in [5.41, 5.74) is 3.52. The Morgan fingerprint density at radius 3 is 3.06 bits per heavy atom. The number of aromatic nitrogens is 4. The van der Waals surface area contributed by atoms with Crippen LogP contribution in [-0.4, -0.2) is 50.2 Å². The number of fused-ring (bicyclic) bond motifs is 1. The number of hydrogen-bond acceptors (Lipinski definition) is 7. The minimum Gasteiger partial charge on any atom is -0.487 e. The van der Waals surface area contributed by atoms with Gasteiger partial charge in [-0.1, -0.05) is 16.8 Å². The fourth-order valence-electron chi connectivity index (χ4n) is 3.45. The first-order valence-electron chi connectivity index (χ1n) is 10.3. The van der Waals surface area contributed by atoms with Gasteiger partial charge in [0.1, 0.15) is 23.7 Å². The molecule has 0 bridgehead atoms. The van der Waals surface area contributed by atoms with Crippen molar-refractivity contribution in [2.45, 2.75) is 12.5 Å². The second-order valence-corrected chi connectivity index (χ2v) is 7.87. The van der Waals surface area contributed by atoms with Gasteiger partial charge in [0.15, 0.2) is 6.10 Å². The number of carbonyl (C=O) groups excluding carboxylic acids is 1. The zero-order valence-corrected chi connectivity index (χ0v) is 18.1. The first-order chi connectivity index (χ1) is 16.2. The number of nitrogens with zero attached hydrogens (tertiary/aromatic N) is 5. The third kappa shape index (κ3) is 4.78. The van der Waals surface area contributed by atoms with Gasteiger partial charge in [-0.05, 0) is 24.3 Å². The molecular formula is C23H19ClN6O3. The molecule has 0 saturated carbocycles. The summed E-state index contributed by atoms with van der Waals surface area (Å²) < 4.78 is 7.76. The highest BCUT2D eigenvalue weighted by atomic mass is 35.5. The van der Waals surface area contributed by atoms with Crippen LogP contribution in [0, 0.1) is 0 Å². The van der Waals surface area contributed by atoms with Crippen molar-refractivity contribution < 1.29 is 14.4 Å². The first kappa shape index (κ1) is 20.9. The van der Waals surface area contributed by atoms with Crippen LogP contribution < -0.4 is 10.1 Å². The lowest BCUT2D eigenvalue weighted by Gasteiger charge is -2.13. The third-order valence-electron chi connectivity index (χ3n) is 5.08. The average Bonchev–Trinajstić information content (AvgIpc) is 3.50. The molecule has 1 aliphatic rings. The summed E-state index contributed by atoms with van der Waals surface area (Å²) in [6.07, 6.45) is 10.4. The largest absolute Gasteiger partial charge is 0.487 e. The fraction of sp³-hybridized carbons (Fsp3) is 0.174. The number of rotatable bonds is 7. The van der Waals surface area contributed by atoms with Gasteiger partial charge < -0.3 is 19.3 Å². The topological polar surface area (TPSA) is 103 Å². The molecule has 0 aliphatic carbocycles. The minimum absolute atomic E-state index is 0.195. The second kappa shape index (κ2) is 9.25. The van der Waals surface area contributed by atoms with Crippen LogP contribution in [0.15, 0.2) is 72.7 Å². The van der Waals surface area contributed by atoms with Crippen LogP contribution in [-0.2, 0) is 4.84 Å². The van der Waals surface area contributed by atoms with Gasteiger partial charge in [-0.25, -0.2) is 4.98 Å². The first-order valence-corrected chi connectivity index (χ1v) is 10.6. The van der Waals surface area contributed by atoms with E-state index in [1.165, 1.54) is 0 Å². The molecule has 9 nitrogen and oxygen atoms in total. The molecule has 1 atom stereocenters. The molecule has 166 valence electrons. The Labute approximate surface area is 194 Å². The van der Waals surface area contributed by atoms with E-state index in [1.54, 1.807) is 59.8 Å². The average molecular weight is 463 g/mol. The molecule has 4 aromatic heterocycles. The summed E-state index contributed by atoms with van der Waals surface area (Å²) >= 11 is 6.11. The lowest BCUT2D eigenvalue weighted by Crippen LogP contribution is -2.30. The van der Waals surface area contributed by atoms with Crippen molar-refractivity contribution in [3.05, 3.63) is 78.1 Å². The van der Waals surface area contributed by atoms with E-state index in [0.29, 0.717) is 28.5 Å². The lowest BCUT2D eigenvalue weighted by molar-refractivity contribution is 0.0471.